The monoisotopic (exact) mass is 266 g/mol. The fourth-order valence-corrected chi connectivity index (χ4v) is 2.82. The molecule has 0 fully saturated rings. The third-order valence-corrected chi connectivity index (χ3v) is 5.10. The van der Waals surface area contributed by atoms with Crippen LogP contribution in [0.3, 0.4) is 0 Å². The molecule has 0 radical (unpaired) electrons. The molecule has 0 aromatic rings. The predicted octanol–water partition coefficient (Wildman–Crippen LogP) is 0.669. The van der Waals surface area contributed by atoms with Gasteiger partial charge in [-0.15, -0.1) is 0 Å². The van der Waals surface area contributed by atoms with Crippen molar-refractivity contribution in [2.45, 2.75) is 45.0 Å². The highest BCUT2D eigenvalue weighted by molar-refractivity contribution is 7.89. The van der Waals surface area contributed by atoms with Gasteiger partial charge in [-0.1, -0.05) is 13.8 Å². The SMILES string of the molecule is COCC(C)N(C)S(=O)(=O)C(C)CNC(C)C. The number of hydrogen-bond acceptors (Lipinski definition) is 4. The lowest BCUT2D eigenvalue weighted by molar-refractivity contribution is 0.149. The Morgan fingerprint density at radius 1 is 1.24 bits per heavy atom. The van der Waals surface area contributed by atoms with Gasteiger partial charge in [-0.25, -0.2) is 8.42 Å². The number of sulfonamides is 1. The van der Waals surface area contributed by atoms with Gasteiger partial charge in [0.1, 0.15) is 0 Å². The molecule has 0 saturated carbocycles. The fraction of sp³-hybridized carbons (Fsp3) is 1.00. The minimum absolute atomic E-state index is 0.147. The zero-order chi connectivity index (χ0) is 13.6. The quantitative estimate of drug-likeness (QED) is 0.701. The molecule has 5 nitrogen and oxygen atoms in total. The van der Waals surface area contributed by atoms with Crippen LogP contribution in [0.25, 0.3) is 0 Å². The largest absolute Gasteiger partial charge is 0.383 e. The first kappa shape index (κ1) is 16.8. The van der Waals surface area contributed by atoms with Crippen molar-refractivity contribution in [3.63, 3.8) is 0 Å². The molecule has 6 heteroatoms. The summed E-state index contributed by atoms with van der Waals surface area (Å²) in [4.78, 5) is 0. The lowest BCUT2D eigenvalue weighted by Crippen LogP contribution is -2.46. The number of rotatable bonds is 8. The fourth-order valence-electron chi connectivity index (χ4n) is 1.39. The molecular weight excluding hydrogens is 240 g/mol. The highest BCUT2D eigenvalue weighted by atomic mass is 32.2. The number of ether oxygens (including phenoxy) is 1. The van der Waals surface area contributed by atoms with Crippen LogP contribution in [0.2, 0.25) is 0 Å². The summed E-state index contributed by atoms with van der Waals surface area (Å²) in [5.74, 6) is 0. The minimum atomic E-state index is -3.27. The van der Waals surface area contributed by atoms with Crippen LogP contribution in [0.1, 0.15) is 27.7 Å². The maximum absolute atomic E-state index is 12.2. The Morgan fingerprint density at radius 2 is 1.76 bits per heavy atom. The summed E-state index contributed by atoms with van der Waals surface area (Å²) in [6.45, 7) is 8.42. The Bertz CT molecular complexity index is 304. The van der Waals surface area contributed by atoms with Crippen molar-refractivity contribution >= 4 is 10.0 Å². The van der Waals surface area contributed by atoms with Crippen LogP contribution in [0.5, 0.6) is 0 Å². The third-order valence-electron chi connectivity index (χ3n) is 2.75. The summed E-state index contributed by atoms with van der Waals surface area (Å²) < 4.78 is 30.7. The maximum Gasteiger partial charge on any atom is 0.218 e. The van der Waals surface area contributed by atoms with Crippen LogP contribution in [-0.2, 0) is 14.8 Å². The first-order chi connectivity index (χ1) is 7.73. The molecule has 0 aliphatic heterocycles. The Labute approximate surface area is 106 Å². The van der Waals surface area contributed by atoms with E-state index in [1.54, 1.807) is 21.1 Å². The number of nitrogens with one attached hydrogen (secondary N) is 1. The van der Waals surface area contributed by atoms with Gasteiger partial charge in [0.2, 0.25) is 10.0 Å². The molecule has 0 spiro atoms. The van der Waals surface area contributed by atoms with E-state index in [4.69, 9.17) is 4.74 Å². The highest BCUT2D eigenvalue weighted by Gasteiger charge is 2.29. The van der Waals surface area contributed by atoms with Gasteiger partial charge in [0, 0.05) is 32.8 Å². The zero-order valence-electron chi connectivity index (χ0n) is 11.7. The molecule has 2 atom stereocenters. The summed E-state index contributed by atoms with van der Waals surface area (Å²) >= 11 is 0. The van der Waals surface area contributed by atoms with Crippen LogP contribution >= 0.6 is 0 Å². The molecule has 0 bridgehead atoms. The molecule has 17 heavy (non-hydrogen) atoms. The van der Waals surface area contributed by atoms with Crippen molar-refractivity contribution in [2.75, 3.05) is 27.3 Å². The normalized spacial score (nSPS) is 16.5. The standard InChI is InChI=1S/C11H26N2O3S/c1-9(2)12-7-11(4)17(14,15)13(5)10(3)8-16-6/h9-12H,7-8H2,1-6H3. The van der Waals surface area contributed by atoms with Crippen molar-refractivity contribution in [2.24, 2.45) is 0 Å². The van der Waals surface area contributed by atoms with Crippen LogP contribution in [-0.4, -0.2) is 57.4 Å². The van der Waals surface area contributed by atoms with Gasteiger partial charge in [0.25, 0.3) is 0 Å². The maximum atomic E-state index is 12.2. The Kier molecular flexibility index (Phi) is 7.23. The average Bonchev–Trinajstić information content (AvgIpc) is 2.24. The lowest BCUT2D eigenvalue weighted by Gasteiger charge is -2.27. The summed E-state index contributed by atoms with van der Waals surface area (Å²) in [5, 5.41) is 2.70. The third kappa shape index (κ3) is 5.33. The molecule has 0 aromatic carbocycles. The van der Waals surface area contributed by atoms with Gasteiger partial charge in [-0.05, 0) is 13.8 Å². The molecule has 0 rings (SSSR count). The van der Waals surface area contributed by atoms with Gasteiger partial charge < -0.3 is 10.1 Å². The van der Waals surface area contributed by atoms with Gasteiger partial charge in [0.05, 0.1) is 11.9 Å². The van der Waals surface area contributed by atoms with Gasteiger partial charge in [0.15, 0.2) is 0 Å². The number of likely N-dealkylation sites (N-methyl/N-ethyl adjacent to an activating group) is 1. The molecule has 0 heterocycles. The van der Waals surface area contributed by atoms with Gasteiger partial charge in [-0.2, -0.15) is 4.31 Å². The molecule has 0 saturated heterocycles. The van der Waals surface area contributed by atoms with E-state index in [1.165, 1.54) is 4.31 Å². The van der Waals surface area contributed by atoms with Crippen molar-refractivity contribution in [3.05, 3.63) is 0 Å². The highest BCUT2D eigenvalue weighted by Crippen LogP contribution is 2.10. The zero-order valence-corrected chi connectivity index (χ0v) is 12.5. The van der Waals surface area contributed by atoms with E-state index >= 15 is 0 Å². The van der Waals surface area contributed by atoms with Crippen molar-refractivity contribution in [1.29, 1.82) is 0 Å². The minimum Gasteiger partial charge on any atom is -0.383 e. The summed E-state index contributed by atoms with van der Waals surface area (Å²) in [6, 6.07) is 0.140. The number of methoxy groups -OCH3 is 1. The second kappa shape index (κ2) is 7.31. The second-order valence-corrected chi connectivity index (χ2v) is 7.15. The van der Waals surface area contributed by atoms with Gasteiger partial charge >= 0.3 is 0 Å². The van der Waals surface area contributed by atoms with E-state index in [2.05, 4.69) is 5.32 Å². The number of hydrogen-bond donors (Lipinski definition) is 1. The molecule has 0 aromatic heterocycles. The van der Waals surface area contributed by atoms with Crippen LogP contribution in [0.15, 0.2) is 0 Å². The van der Waals surface area contributed by atoms with Crippen molar-refractivity contribution in [1.82, 2.24) is 9.62 Å². The molecule has 0 amide bonds. The molecule has 2 unspecified atom stereocenters. The van der Waals surface area contributed by atoms with Crippen molar-refractivity contribution < 1.29 is 13.2 Å². The van der Waals surface area contributed by atoms with Crippen molar-refractivity contribution in [3.8, 4) is 0 Å². The van der Waals surface area contributed by atoms with E-state index in [0.717, 1.165) is 0 Å². The molecule has 0 aliphatic carbocycles. The van der Waals surface area contributed by atoms with E-state index < -0.39 is 15.3 Å². The van der Waals surface area contributed by atoms with E-state index in [-0.39, 0.29) is 12.1 Å². The summed E-state index contributed by atoms with van der Waals surface area (Å²) in [6.07, 6.45) is 0. The average molecular weight is 266 g/mol. The molecule has 0 aliphatic rings. The molecular formula is C11H26N2O3S. The smallest absolute Gasteiger partial charge is 0.218 e. The van der Waals surface area contributed by atoms with Gasteiger partial charge in [-0.3, -0.25) is 0 Å². The Balaban J connectivity index is 4.53. The molecule has 104 valence electrons. The first-order valence-corrected chi connectivity index (χ1v) is 7.43. The van der Waals surface area contributed by atoms with E-state index in [0.29, 0.717) is 13.2 Å². The summed E-state index contributed by atoms with van der Waals surface area (Å²) in [7, 11) is -0.0930. The topological polar surface area (TPSA) is 58.6 Å². The number of nitrogens with zero attached hydrogens (tertiary/aromatic N) is 1. The molecule has 1 N–H and O–H groups in total. The van der Waals surface area contributed by atoms with Crippen LogP contribution in [0, 0.1) is 0 Å². The van der Waals surface area contributed by atoms with Crippen LogP contribution < -0.4 is 5.32 Å². The van der Waals surface area contributed by atoms with E-state index in [1.807, 2.05) is 20.8 Å². The first-order valence-electron chi connectivity index (χ1n) is 5.92. The summed E-state index contributed by atoms with van der Waals surface area (Å²) in [5.41, 5.74) is 0. The lowest BCUT2D eigenvalue weighted by atomic mass is 10.3. The Hall–Kier alpha value is -0.170. The van der Waals surface area contributed by atoms with Crippen LogP contribution in [0.4, 0.5) is 0 Å². The Morgan fingerprint density at radius 3 is 2.18 bits per heavy atom. The second-order valence-electron chi connectivity index (χ2n) is 4.74. The van der Waals surface area contributed by atoms with E-state index in [9.17, 15) is 8.42 Å². The predicted molar refractivity (Wildman–Crippen MR) is 70.6 cm³/mol.